The van der Waals surface area contributed by atoms with E-state index in [0.717, 1.165) is 31.0 Å². The van der Waals surface area contributed by atoms with Gasteiger partial charge < -0.3 is 9.84 Å². The Morgan fingerprint density at radius 1 is 1.38 bits per heavy atom. The lowest BCUT2D eigenvalue weighted by molar-refractivity contribution is 0.409. The molecule has 0 aliphatic heterocycles. The number of aromatic nitrogens is 3. The Kier molecular flexibility index (Phi) is 3.61. The minimum Gasteiger partial charge on any atom is -0.343 e. The zero-order valence-corrected chi connectivity index (χ0v) is 9.18. The van der Waals surface area contributed by atoms with Gasteiger partial charge in [0.25, 0.3) is 0 Å². The summed E-state index contributed by atoms with van der Waals surface area (Å²) in [4.78, 5) is 8.25. The minimum absolute atomic E-state index is 0.727. The molecule has 0 atom stereocenters. The van der Waals surface area contributed by atoms with Crippen molar-refractivity contribution in [2.75, 3.05) is 6.54 Å². The van der Waals surface area contributed by atoms with Crippen molar-refractivity contribution < 1.29 is 4.52 Å². The summed E-state index contributed by atoms with van der Waals surface area (Å²) in [5.74, 6) is 0.727. The smallest absolute Gasteiger partial charge is 0.213 e. The van der Waals surface area contributed by atoms with Crippen LogP contribution in [0.15, 0.2) is 29.2 Å². The molecule has 5 nitrogen and oxygen atoms in total. The van der Waals surface area contributed by atoms with Gasteiger partial charge in [0.05, 0.1) is 5.69 Å². The molecule has 0 saturated heterocycles. The van der Waals surface area contributed by atoms with Crippen molar-refractivity contribution in [3.05, 3.63) is 41.8 Å². The Bertz CT molecular complexity index is 427. The maximum absolute atomic E-state index is 4.65. The van der Waals surface area contributed by atoms with Crippen LogP contribution in [0.3, 0.4) is 0 Å². The third-order valence-corrected chi connectivity index (χ3v) is 2.34. The first-order valence-corrected chi connectivity index (χ1v) is 5.23. The van der Waals surface area contributed by atoms with Gasteiger partial charge in [-0.05, 0) is 18.6 Å². The van der Waals surface area contributed by atoms with Crippen LogP contribution in [-0.2, 0) is 13.0 Å². The van der Waals surface area contributed by atoms with E-state index in [1.54, 1.807) is 0 Å². The summed E-state index contributed by atoms with van der Waals surface area (Å²) in [6.07, 6.45) is 3.92. The van der Waals surface area contributed by atoms with Gasteiger partial charge in [-0.2, -0.15) is 4.98 Å². The lowest BCUT2D eigenvalue weighted by atomic mass is 10.2. The largest absolute Gasteiger partial charge is 0.343 e. The molecule has 0 amide bonds. The average molecular weight is 218 g/mol. The molecule has 0 aliphatic rings. The standard InChI is InChI=1S/C11H14N4O/c1-9-3-2-5-13-10(9)7-12-6-4-11-14-8-16-15-11/h2-3,5,8,12H,4,6-7H2,1H3. The third kappa shape index (κ3) is 2.87. The predicted octanol–water partition coefficient (Wildman–Crippen LogP) is 1.11. The van der Waals surface area contributed by atoms with E-state index in [1.807, 2.05) is 12.3 Å². The molecule has 0 radical (unpaired) electrons. The van der Waals surface area contributed by atoms with Crippen molar-refractivity contribution in [3.8, 4) is 0 Å². The molecule has 0 bridgehead atoms. The zero-order valence-electron chi connectivity index (χ0n) is 9.18. The lowest BCUT2D eigenvalue weighted by Crippen LogP contribution is -2.18. The van der Waals surface area contributed by atoms with Crippen LogP contribution >= 0.6 is 0 Å². The highest BCUT2D eigenvalue weighted by atomic mass is 16.5. The normalized spacial score (nSPS) is 10.6. The SMILES string of the molecule is Cc1cccnc1CNCCc1ncon1. The van der Waals surface area contributed by atoms with Crippen LogP contribution in [0, 0.1) is 6.92 Å². The molecule has 0 aromatic carbocycles. The second-order valence-electron chi connectivity index (χ2n) is 3.54. The summed E-state index contributed by atoms with van der Waals surface area (Å²) >= 11 is 0. The molecule has 2 aromatic heterocycles. The number of rotatable bonds is 5. The van der Waals surface area contributed by atoms with Crippen molar-refractivity contribution in [3.63, 3.8) is 0 Å². The molecule has 0 unspecified atom stereocenters. The number of hydrogen-bond acceptors (Lipinski definition) is 5. The van der Waals surface area contributed by atoms with Crippen LogP contribution in [0.5, 0.6) is 0 Å². The van der Waals surface area contributed by atoms with E-state index in [-0.39, 0.29) is 0 Å². The molecule has 84 valence electrons. The number of nitrogens with zero attached hydrogens (tertiary/aromatic N) is 3. The summed E-state index contributed by atoms with van der Waals surface area (Å²) in [5, 5.41) is 7.03. The van der Waals surface area contributed by atoms with Gasteiger partial charge in [-0.1, -0.05) is 11.2 Å². The summed E-state index contributed by atoms with van der Waals surface area (Å²) < 4.78 is 4.65. The fourth-order valence-electron chi connectivity index (χ4n) is 1.41. The minimum atomic E-state index is 0.727. The predicted molar refractivity (Wildman–Crippen MR) is 58.7 cm³/mol. The van der Waals surface area contributed by atoms with Crippen molar-refractivity contribution in [1.29, 1.82) is 0 Å². The number of aryl methyl sites for hydroxylation is 1. The molecule has 0 saturated carbocycles. The van der Waals surface area contributed by atoms with E-state index in [4.69, 9.17) is 0 Å². The molecule has 0 aliphatic carbocycles. The number of hydrogen-bond donors (Lipinski definition) is 1. The van der Waals surface area contributed by atoms with Gasteiger partial charge >= 0.3 is 0 Å². The highest BCUT2D eigenvalue weighted by Crippen LogP contribution is 2.01. The Morgan fingerprint density at radius 3 is 3.06 bits per heavy atom. The van der Waals surface area contributed by atoms with Crippen molar-refractivity contribution >= 4 is 0 Å². The van der Waals surface area contributed by atoms with E-state index in [2.05, 4.69) is 38.0 Å². The van der Waals surface area contributed by atoms with Gasteiger partial charge in [-0.25, -0.2) is 0 Å². The van der Waals surface area contributed by atoms with Gasteiger partial charge in [0.1, 0.15) is 0 Å². The first-order chi connectivity index (χ1) is 7.86. The lowest BCUT2D eigenvalue weighted by Gasteiger charge is -2.05. The first kappa shape index (κ1) is 10.8. The molecule has 2 aromatic rings. The first-order valence-electron chi connectivity index (χ1n) is 5.23. The molecule has 2 heterocycles. The van der Waals surface area contributed by atoms with Gasteiger partial charge in [-0.15, -0.1) is 0 Å². The second kappa shape index (κ2) is 5.37. The maximum atomic E-state index is 4.65. The van der Waals surface area contributed by atoms with Crippen LogP contribution in [0.4, 0.5) is 0 Å². The molecule has 2 rings (SSSR count). The van der Waals surface area contributed by atoms with E-state index >= 15 is 0 Å². The summed E-state index contributed by atoms with van der Waals surface area (Å²) in [6.45, 7) is 3.64. The highest BCUT2D eigenvalue weighted by Gasteiger charge is 2.00. The molecular weight excluding hydrogens is 204 g/mol. The monoisotopic (exact) mass is 218 g/mol. The van der Waals surface area contributed by atoms with Crippen LogP contribution in [0.1, 0.15) is 17.1 Å². The van der Waals surface area contributed by atoms with Crippen molar-refractivity contribution in [2.45, 2.75) is 19.9 Å². The fourth-order valence-corrected chi connectivity index (χ4v) is 1.41. The Hall–Kier alpha value is -1.75. The Balaban J connectivity index is 1.74. The Labute approximate surface area is 93.9 Å². The zero-order chi connectivity index (χ0) is 11.2. The summed E-state index contributed by atoms with van der Waals surface area (Å²) in [6, 6.07) is 4.00. The van der Waals surface area contributed by atoms with Crippen LogP contribution in [0.2, 0.25) is 0 Å². The topological polar surface area (TPSA) is 63.8 Å². The quantitative estimate of drug-likeness (QED) is 0.761. The third-order valence-electron chi connectivity index (χ3n) is 2.34. The average Bonchev–Trinajstić information content (AvgIpc) is 2.79. The molecule has 1 N–H and O–H groups in total. The van der Waals surface area contributed by atoms with Gasteiger partial charge in [0.15, 0.2) is 5.82 Å². The molecular formula is C11H14N4O. The second-order valence-corrected chi connectivity index (χ2v) is 3.54. The summed E-state index contributed by atoms with van der Waals surface area (Å²) in [7, 11) is 0. The van der Waals surface area contributed by atoms with Crippen molar-refractivity contribution in [1.82, 2.24) is 20.4 Å². The van der Waals surface area contributed by atoms with E-state index in [1.165, 1.54) is 12.0 Å². The molecule has 5 heteroatoms. The number of nitrogens with one attached hydrogen (secondary N) is 1. The van der Waals surface area contributed by atoms with Gasteiger partial charge in [-0.3, -0.25) is 4.98 Å². The highest BCUT2D eigenvalue weighted by molar-refractivity contribution is 5.17. The maximum Gasteiger partial charge on any atom is 0.213 e. The van der Waals surface area contributed by atoms with Crippen LogP contribution in [-0.4, -0.2) is 21.7 Å². The molecule has 0 spiro atoms. The van der Waals surface area contributed by atoms with Gasteiger partial charge in [0, 0.05) is 25.7 Å². The Morgan fingerprint density at radius 2 is 2.31 bits per heavy atom. The van der Waals surface area contributed by atoms with Crippen molar-refractivity contribution in [2.24, 2.45) is 0 Å². The van der Waals surface area contributed by atoms with Gasteiger partial charge in [0.2, 0.25) is 6.39 Å². The summed E-state index contributed by atoms with van der Waals surface area (Å²) in [5.41, 5.74) is 2.28. The molecule has 16 heavy (non-hydrogen) atoms. The van der Waals surface area contributed by atoms with Crippen LogP contribution < -0.4 is 5.32 Å². The fraction of sp³-hybridized carbons (Fsp3) is 0.364. The van der Waals surface area contributed by atoms with E-state index < -0.39 is 0 Å². The molecule has 0 fully saturated rings. The van der Waals surface area contributed by atoms with Crippen LogP contribution in [0.25, 0.3) is 0 Å². The van der Waals surface area contributed by atoms with E-state index in [9.17, 15) is 0 Å². The number of pyridine rings is 1. The van der Waals surface area contributed by atoms with E-state index in [0.29, 0.717) is 0 Å².